The fraction of sp³-hybridized carbons (Fsp3) is 0.125. The molecule has 0 saturated carbocycles. The smallest absolute Gasteiger partial charge is 0.268 e. The fourth-order valence-corrected chi connectivity index (χ4v) is 4.09. The van der Waals surface area contributed by atoms with E-state index in [0.29, 0.717) is 16.6 Å². The second kappa shape index (κ2) is 6.10. The maximum atomic E-state index is 13.9. The summed E-state index contributed by atoms with van der Waals surface area (Å²) in [6.07, 6.45) is 0. The molecule has 3 rings (SSSR count). The Hall–Kier alpha value is -2.06. The second-order valence-electron chi connectivity index (χ2n) is 5.30. The molecule has 0 bridgehead atoms. The Labute approximate surface area is 148 Å². The number of nitrogens with two attached hydrogens (primary N) is 1. The number of nitrogens with one attached hydrogen (secondary N) is 1. The van der Waals surface area contributed by atoms with Crippen molar-refractivity contribution in [2.75, 3.05) is 11.1 Å². The highest BCUT2D eigenvalue weighted by Gasteiger charge is 2.21. The van der Waals surface area contributed by atoms with E-state index in [-0.39, 0.29) is 15.0 Å². The minimum absolute atomic E-state index is 0.109. The van der Waals surface area contributed by atoms with E-state index in [0.717, 1.165) is 34.0 Å². The summed E-state index contributed by atoms with van der Waals surface area (Å²) in [6, 6.07) is 3.65. The van der Waals surface area contributed by atoms with Crippen molar-refractivity contribution in [2.24, 2.45) is 0 Å². The molecule has 0 aliphatic heterocycles. The number of hydrogen-bond donors (Lipinski definition) is 2. The Kier molecular flexibility index (Phi) is 4.27. The molecule has 3 aromatic rings. The topological polar surface area (TPSA) is 68.0 Å². The van der Waals surface area contributed by atoms with E-state index >= 15 is 0 Å². The predicted molar refractivity (Wildman–Crippen MR) is 95.5 cm³/mol. The summed E-state index contributed by atoms with van der Waals surface area (Å²) < 4.78 is 27.1. The third-order valence-corrected chi connectivity index (χ3v) is 5.20. The van der Waals surface area contributed by atoms with Crippen molar-refractivity contribution in [3.05, 3.63) is 50.4 Å². The molecule has 8 heteroatoms. The lowest BCUT2D eigenvalue weighted by atomic mass is 10.1. The van der Waals surface area contributed by atoms with Gasteiger partial charge in [-0.1, -0.05) is 0 Å². The van der Waals surface area contributed by atoms with Crippen LogP contribution >= 0.6 is 27.3 Å². The molecule has 1 aromatic carbocycles. The molecule has 0 spiro atoms. The van der Waals surface area contributed by atoms with Crippen LogP contribution in [0.15, 0.2) is 22.7 Å². The van der Waals surface area contributed by atoms with Crippen LogP contribution in [0.4, 0.5) is 20.2 Å². The molecular formula is C16H12BrF2N3OS. The van der Waals surface area contributed by atoms with E-state index < -0.39 is 17.5 Å². The van der Waals surface area contributed by atoms with Crippen molar-refractivity contribution in [1.29, 1.82) is 0 Å². The lowest BCUT2D eigenvalue weighted by Gasteiger charge is -2.08. The van der Waals surface area contributed by atoms with Gasteiger partial charge in [-0.3, -0.25) is 4.79 Å². The van der Waals surface area contributed by atoms with Crippen molar-refractivity contribution >= 4 is 54.8 Å². The van der Waals surface area contributed by atoms with Gasteiger partial charge in [-0.05, 0) is 47.5 Å². The summed E-state index contributed by atoms with van der Waals surface area (Å²) in [7, 11) is 0. The van der Waals surface area contributed by atoms with Crippen molar-refractivity contribution in [2.45, 2.75) is 13.8 Å². The summed E-state index contributed by atoms with van der Waals surface area (Å²) in [5.74, 6) is -2.19. The second-order valence-corrected chi connectivity index (χ2v) is 7.16. The first-order valence-electron chi connectivity index (χ1n) is 6.90. The third kappa shape index (κ3) is 2.87. The van der Waals surface area contributed by atoms with Gasteiger partial charge in [0.05, 0.1) is 11.4 Å². The van der Waals surface area contributed by atoms with Crippen LogP contribution in [0, 0.1) is 25.5 Å². The van der Waals surface area contributed by atoms with Crippen molar-refractivity contribution in [1.82, 2.24) is 4.98 Å². The molecule has 0 saturated heterocycles. The number of benzene rings is 1. The SMILES string of the molecule is Cc1cc(C)c2c(N)c(C(=O)Nc3c(F)cc(F)cc3Br)sc2n1. The lowest BCUT2D eigenvalue weighted by Crippen LogP contribution is -2.13. The number of aryl methyl sites for hydroxylation is 2. The van der Waals surface area contributed by atoms with E-state index in [2.05, 4.69) is 26.2 Å². The van der Waals surface area contributed by atoms with Gasteiger partial charge < -0.3 is 11.1 Å². The first-order valence-corrected chi connectivity index (χ1v) is 8.51. The van der Waals surface area contributed by atoms with Crippen molar-refractivity contribution in [3.63, 3.8) is 0 Å². The van der Waals surface area contributed by atoms with Crippen LogP contribution in [0.5, 0.6) is 0 Å². The van der Waals surface area contributed by atoms with E-state index in [1.54, 1.807) is 0 Å². The molecule has 0 aliphatic carbocycles. The maximum absolute atomic E-state index is 13.9. The zero-order valence-electron chi connectivity index (χ0n) is 12.7. The first-order chi connectivity index (χ1) is 11.3. The molecule has 124 valence electrons. The number of aromatic nitrogens is 1. The lowest BCUT2D eigenvalue weighted by molar-refractivity contribution is 0.103. The number of nitrogens with zero attached hydrogens (tertiary/aromatic N) is 1. The molecule has 2 aromatic heterocycles. The average molecular weight is 412 g/mol. The minimum atomic E-state index is -0.875. The molecule has 3 N–H and O–H groups in total. The summed E-state index contributed by atoms with van der Waals surface area (Å²) in [4.78, 5) is 17.8. The molecule has 0 aliphatic rings. The number of rotatable bonds is 2. The summed E-state index contributed by atoms with van der Waals surface area (Å²) in [5, 5.41) is 3.15. The van der Waals surface area contributed by atoms with E-state index in [4.69, 9.17) is 5.73 Å². The van der Waals surface area contributed by atoms with Gasteiger partial charge in [0.15, 0.2) is 5.82 Å². The van der Waals surface area contributed by atoms with E-state index in [1.165, 1.54) is 0 Å². The van der Waals surface area contributed by atoms with Gasteiger partial charge in [0.1, 0.15) is 15.5 Å². The normalized spacial score (nSPS) is 11.0. The molecule has 24 heavy (non-hydrogen) atoms. The number of halogens is 3. The summed E-state index contributed by atoms with van der Waals surface area (Å²) >= 11 is 4.17. The minimum Gasteiger partial charge on any atom is -0.397 e. The van der Waals surface area contributed by atoms with Crippen LogP contribution in [0.1, 0.15) is 20.9 Å². The molecular weight excluding hydrogens is 400 g/mol. The number of fused-ring (bicyclic) bond motifs is 1. The molecule has 0 fully saturated rings. The largest absolute Gasteiger partial charge is 0.397 e. The maximum Gasteiger partial charge on any atom is 0.268 e. The van der Waals surface area contributed by atoms with Crippen molar-refractivity contribution in [3.8, 4) is 0 Å². The van der Waals surface area contributed by atoms with Crippen LogP contribution in [0.3, 0.4) is 0 Å². The highest BCUT2D eigenvalue weighted by atomic mass is 79.9. The third-order valence-electron chi connectivity index (χ3n) is 3.48. The first kappa shape index (κ1) is 16.8. The van der Waals surface area contributed by atoms with Crippen LogP contribution in [0.25, 0.3) is 10.2 Å². The number of nitrogen functional groups attached to an aromatic ring is 1. The Morgan fingerprint density at radius 1 is 1.29 bits per heavy atom. The number of thiophene rings is 1. The number of carbonyl (C=O) groups is 1. The van der Waals surface area contributed by atoms with Gasteiger partial charge in [0.2, 0.25) is 0 Å². The summed E-state index contributed by atoms with van der Waals surface area (Å²) in [6.45, 7) is 3.74. The molecule has 0 atom stereocenters. The van der Waals surface area contributed by atoms with E-state index in [1.807, 2.05) is 19.9 Å². The van der Waals surface area contributed by atoms with Gasteiger partial charge in [-0.15, -0.1) is 11.3 Å². The zero-order chi connectivity index (χ0) is 17.6. The quantitative estimate of drug-likeness (QED) is 0.636. The van der Waals surface area contributed by atoms with Crippen LogP contribution in [-0.2, 0) is 0 Å². The molecule has 2 heterocycles. The Bertz CT molecular complexity index is 964. The van der Waals surface area contributed by atoms with Gasteiger partial charge in [0.25, 0.3) is 5.91 Å². The zero-order valence-corrected chi connectivity index (χ0v) is 15.1. The van der Waals surface area contributed by atoms with Crippen LogP contribution in [0.2, 0.25) is 0 Å². The number of anilines is 2. The standard InChI is InChI=1S/C16H12BrF2N3OS/c1-6-3-7(2)21-16-11(6)12(20)14(24-16)15(23)22-13-9(17)4-8(18)5-10(13)19/h3-5H,20H2,1-2H3,(H,22,23). The number of pyridine rings is 1. The van der Waals surface area contributed by atoms with Gasteiger partial charge >= 0.3 is 0 Å². The highest BCUT2D eigenvalue weighted by Crippen LogP contribution is 2.36. The number of hydrogen-bond acceptors (Lipinski definition) is 4. The van der Waals surface area contributed by atoms with E-state index in [9.17, 15) is 13.6 Å². The monoisotopic (exact) mass is 411 g/mol. The Balaban J connectivity index is 2.04. The van der Waals surface area contributed by atoms with Crippen LogP contribution < -0.4 is 11.1 Å². The predicted octanol–water partition coefficient (Wildman–Crippen LogP) is 4.79. The number of amides is 1. The fourth-order valence-electron chi connectivity index (χ4n) is 2.47. The van der Waals surface area contributed by atoms with Gasteiger partial charge in [-0.25, -0.2) is 13.8 Å². The molecule has 4 nitrogen and oxygen atoms in total. The van der Waals surface area contributed by atoms with Crippen molar-refractivity contribution < 1.29 is 13.6 Å². The molecule has 0 radical (unpaired) electrons. The van der Waals surface area contributed by atoms with Gasteiger partial charge in [-0.2, -0.15) is 0 Å². The number of carbonyl (C=O) groups excluding carboxylic acids is 1. The van der Waals surface area contributed by atoms with Crippen LogP contribution in [-0.4, -0.2) is 10.9 Å². The molecule has 1 amide bonds. The highest BCUT2D eigenvalue weighted by molar-refractivity contribution is 9.10. The van der Waals surface area contributed by atoms with Gasteiger partial charge in [0, 0.05) is 21.6 Å². The Morgan fingerprint density at radius 3 is 2.67 bits per heavy atom. The average Bonchev–Trinajstić information content (AvgIpc) is 2.79. The Morgan fingerprint density at radius 2 is 2.00 bits per heavy atom. The summed E-state index contributed by atoms with van der Waals surface area (Å²) in [5.41, 5.74) is 7.99. The molecule has 0 unspecified atom stereocenters.